The predicted molar refractivity (Wildman–Crippen MR) is 111 cm³/mol. The minimum Gasteiger partial charge on any atom is -0.384 e. The maximum absolute atomic E-state index is 12.7. The van der Waals surface area contributed by atoms with Crippen molar-refractivity contribution < 1.29 is 14.3 Å². The van der Waals surface area contributed by atoms with E-state index in [9.17, 15) is 4.79 Å². The average molecular weight is 389 g/mol. The van der Waals surface area contributed by atoms with Crippen LogP contribution in [0.2, 0.25) is 0 Å². The van der Waals surface area contributed by atoms with Crippen molar-refractivity contribution in [1.82, 2.24) is 9.80 Å². The lowest BCUT2D eigenvalue weighted by atomic mass is 9.95. The fraction of sp³-hybridized carbons (Fsp3) is 0.696. The molecule has 5 heteroatoms. The molecule has 0 bridgehead atoms. The number of methoxy groups -OCH3 is 1. The number of likely N-dealkylation sites (tertiary alicyclic amines) is 1. The zero-order valence-corrected chi connectivity index (χ0v) is 17.6. The number of carbonyl (C=O) groups is 1. The summed E-state index contributed by atoms with van der Waals surface area (Å²) < 4.78 is 10.9. The van der Waals surface area contributed by atoms with Crippen molar-refractivity contribution >= 4 is 5.91 Å². The van der Waals surface area contributed by atoms with E-state index < -0.39 is 0 Å². The van der Waals surface area contributed by atoms with Crippen molar-refractivity contribution in [3.8, 4) is 0 Å². The summed E-state index contributed by atoms with van der Waals surface area (Å²) in [5.41, 5.74) is 2.80. The molecule has 0 unspecified atom stereocenters. The first-order valence-corrected chi connectivity index (χ1v) is 10.8. The van der Waals surface area contributed by atoms with Gasteiger partial charge in [0.25, 0.3) is 0 Å². The number of aryl methyl sites for hydroxylation is 1. The van der Waals surface area contributed by atoms with Gasteiger partial charge in [-0.05, 0) is 62.7 Å². The van der Waals surface area contributed by atoms with Gasteiger partial charge in [0.2, 0.25) is 5.91 Å². The van der Waals surface area contributed by atoms with Crippen molar-refractivity contribution in [3.63, 3.8) is 0 Å². The highest BCUT2D eigenvalue weighted by atomic mass is 16.5. The molecule has 0 spiro atoms. The lowest BCUT2D eigenvalue weighted by molar-refractivity contribution is -0.134. The van der Waals surface area contributed by atoms with Crippen LogP contribution in [-0.4, -0.2) is 68.3 Å². The summed E-state index contributed by atoms with van der Waals surface area (Å²) in [4.78, 5) is 17.3. The number of ether oxygens (including phenoxy) is 2. The third kappa shape index (κ3) is 6.29. The summed E-state index contributed by atoms with van der Waals surface area (Å²) in [6.45, 7) is 8.38. The van der Waals surface area contributed by atoms with Gasteiger partial charge in [0, 0.05) is 33.4 Å². The molecule has 0 aromatic heterocycles. The topological polar surface area (TPSA) is 42.0 Å². The first-order valence-electron chi connectivity index (χ1n) is 10.8. The Morgan fingerprint density at radius 3 is 2.68 bits per heavy atom. The van der Waals surface area contributed by atoms with Crippen molar-refractivity contribution in [3.05, 3.63) is 35.4 Å². The van der Waals surface area contributed by atoms with Crippen LogP contribution < -0.4 is 0 Å². The van der Waals surface area contributed by atoms with Crippen LogP contribution in [0, 0.1) is 12.8 Å². The number of amides is 1. The van der Waals surface area contributed by atoms with Gasteiger partial charge >= 0.3 is 0 Å². The van der Waals surface area contributed by atoms with E-state index >= 15 is 0 Å². The molecule has 2 fully saturated rings. The average Bonchev–Trinajstić information content (AvgIpc) is 3.22. The standard InChI is InChI=1S/C23H36N2O3/c1-19-6-3-4-7-21(19)17-24-12-9-20(10-13-24)16-25(23(26)11-15-27-2)18-22-8-5-14-28-22/h3-4,6-7,20,22H,5,8-18H2,1-2H3/t22-/m0/s1. The predicted octanol–water partition coefficient (Wildman–Crippen LogP) is 3.25. The quantitative estimate of drug-likeness (QED) is 0.651. The Morgan fingerprint density at radius 1 is 1.21 bits per heavy atom. The molecule has 2 saturated heterocycles. The van der Waals surface area contributed by atoms with Gasteiger partial charge in [0.1, 0.15) is 0 Å². The monoisotopic (exact) mass is 388 g/mol. The van der Waals surface area contributed by atoms with Crippen LogP contribution in [0.15, 0.2) is 24.3 Å². The largest absolute Gasteiger partial charge is 0.384 e. The Morgan fingerprint density at radius 2 is 2.00 bits per heavy atom. The number of hydrogen-bond acceptors (Lipinski definition) is 4. The lowest BCUT2D eigenvalue weighted by Gasteiger charge is -2.36. The molecule has 5 nitrogen and oxygen atoms in total. The second-order valence-corrected chi connectivity index (χ2v) is 8.32. The van der Waals surface area contributed by atoms with Gasteiger partial charge in [0.15, 0.2) is 0 Å². The second-order valence-electron chi connectivity index (χ2n) is 8.32. The van der Waals surface area contributed by atoms with Crippen LogP contribution in [-0.2, 0) is 20.8 Å². The molecule has 156 valence electrons. The van der Waals surface area contributed by atoms with E-state index in [4.69, 9.17) is 9.47 Å². The van der Waals surface area contributed by atoms with Crippen LogP contribution in [0.5, 0.6) is 0 Å². The molecule has 1 aromatic rings. The highest BCUT2D eigenvalue weighted by molar-refractivity contribution is 5.76. The minimum absolute atomic E-state index is 0.208. The van der Waals surface area contributed by atoms with Crippen LogP contribution in [0.1, 0.15) is 43.2 Å². The number of hydrogen-bond donors (Lipinski definition) is 0. The summed E-state index contributed by atoms with van der Waals surface area (Å²) in [6, 6.07) is 8.66. The van der Waals surface area contributed by atoms with Crippen LogP contribution in [0.3, 0.4) is 0 Å². The van der Waals surface area contributed by atoms with E-state index in [1.807, 2.05) is 0 Å². The van der Waals surface area contributed by atoms with E-state index in [0.717, 1.165) is 65.0 Å². The van der Waals surface area contributed by atoms with Gasteiger partial charge in [-0.1, -0.05) is 24.3 Å². The number of piperidine rings is 1. The van der Waals surface area contributed by atoms with E-state index in [-0.39, 0.29) is 12.0 Å². The molecular formula is C23H36N2O3. The zero-order valence-electron chi connectivity index (χ0n) is 17.6. The normalized spacial score (nSPS) is 21.1. The molecule has 1 atom stereocenters. The zero-order chi connectivity index (χ0) is 19.8. The van der Waals surface area contributed by atoms with Gasteiger partial charge in [-0.3, -0.25) is 9.69 Å². The summed E-state index contributed by atoms with van der Waals surface area (Å²) in [6.07, 6.45) is 5.18. The summed E-state index contributed by atoms with van der Waals surface area (Å²) in [7, 11) is 1.65. The number of nitrogens with zero attached hydrogens (tertiary/aromatic N) is 2. The van der Waals surface area contributed by atoms with Crippen LogP contribution in [0.25, 0.3) is 0 Å². The van der Waals surface area contributed by atoms with Gasteiger partial charge in [-0.15, -0.1) is 0 Å². The highest BCUT2D eigenvalue weighted by Gasteiger charge is 2.27. The molecule has 1 amide bonds. The smallest absolute Gasteiger partial charge is 0.224 e. The molecule has 28 heavy (non-hydrogen) atoms. The van der Waals surface area contributed by atoms with Crippen molar-refractivity contribution in [2.24, 2.45) is 5.92 Å². The van der Waals surface area contributed by atoms with Crippen molar-refractivity contribution in [2.45, 2.75) is 51.7 Å². The number of rotatable bonds is 9. The van der Waals surface area contributed by atoms with Crippen LogP contribution >= 0.6 is 0 Å². The summed E-state index contributed by atoms with van der Waals surface area (Å²) in [5.74, 6) is 0.792. The first kappa shape index (κ1) is 21.3. The molecule has 0 saturated carbocycles. The first-order chi connectivity index (χ1) is 13.7. The maximum atomic E-state index is 12.7. The summed E-state index contributed by atoms with van der Waals surface area (Å²) >= 11 is 0. The Kier molecular flexibility index (Phi) is 8.31. The van der Waals surface area contributed by atoms with E-state index in [2.05, 4.69) is 41.0 Å². The van der Waals surface area contributed by atoms with Gasteiger partial charge in [-0.2, -0.15) is 0 Å². The molecule has 2 aliphatic rings. The molecule has 0 N–H and O–H groups in total. The minimum atomic E-state index is 0.208. The van der Waals surface area contributed by atoms with Crippen molar-refractivity contribution in [2.75, 3.05) is 46.5 Å². The number of benzene rings is 1. The Bertz CT molecular complexity index is 608. The maximum Gasteiger partial charge on any atom is 0.224 e. The van der Waals surface area contributed by atoms with Gasteiger partial charge < -0.3 is 14.4 Å². The van der Waals surface area contributed by atoms with E-state index in [1.54, 1.807) is 7.11 Å². The molecule has 0 aliphatic carbocycles. The van der Waals surface area contributed by atoms with Gasteiger partial charge in [0.05, 0.1) is 19.1 Å². The third-order valence-electron chi connectivity index (χ3n) is 6.16. The van der Waals surface area contributed by atoms with Gasteiger partial charge in [-0.25, -0.2) is 0 Å². The molecule has 2 heterocycles. The van der Waals surface area contributed by atoms with Crippen LogP contribution in [0.4, 0.5) is 0 Å². The Hall–Kier alpha value is -1.43. The molecule has 0 radical (unpaired) electrons. The SMILES string of the molecule is COCCC(=O)N(CC1CCN(Cc2ccccc2C)CC1)C[C@@H]1CCCO1. The van der Waals surface area contributed by atoms with E-state index in [0.29, 0.717) is 18.9 Å². The van der Waals surface area contributed by atoms with E-state index in [1.165, 1.54) is 11.1 Å². The second kappa shape index (κ2) is 10.9. The molecular weight excluding hydrogens is 352 g/mol. The fourth-order valence-corrected chi connectivity index (χ4v) is 4.33. The third-order valence-corrected chi connectivity index (χ3v) is 6.16. The lowest BCUT2D eigenvalue weighted by Crippen LogP contribution is -2.43. The van der Waals surface area contributed by atoms with Crippen molar-refractivity contribution in [1.29, 1.82) is 0 Å². The molecule has 2 aliphatic heterocycles. The highest BCUT2D eigenvalue weighted by Crippen LogP contribution is 2.23. The molecule has 1 aromatic carbocycles. The fourth-order valence-electron chi connectivity index (χ4n) is 4.33. The Balaban J connectivity index is 1.49. The Labute approximate surface area is 170 Å². The summed E-state index contributed by atoms with van der Waals surface area (Å²) in [5, 5.41) is 0. The molecule has 3 rings (SSSR count). The number of carbonyl (C=O) groups excluding carboxylic acids is 1.